The Morgan fingerprint density at radius 2 is 2.06 bits per heavy atom. The zero-order valence-corrected chi connectivity index (χ0v) is 9.44. The smallest absolute Gasteiger partial charge is 0.148 e. The lowest BCUT2D eigenvalue weighted by Gasteiger charge is -2.03. The van der Waals surface area contributed by atoms with Gasteiger partial charge in [-0.2, -0.15) is 0 Å². The van der Waals surface area contributed by atoms with Gasteiger partial charge in [0.15, 0.2) is 0 Å². The van der Waals surface area contributed by atoms with Gasteiger partial charge in [0.2, 0.25) is 0 Å². The van der Waals surface area contributed by atoms with Gasteiger partial charge in [-0.25, -0.2) is 0 Å². The first kappa shape index (κ1) is 10.5. The second kappa shape index (κ2) is 4.70. The lowest BCUT2D eigenvalue weighted by Crippen LogP contribution is -2.00. The minimum absolute atomic E-state index is 0.803. The molecule has 0 unspecified atom stereocenters. The largest absolute Gasteiger partial charge is 0.369 e. The normalized spacial score (nSPS) is 10.1. The summed E-state index contributed by atoms with van der Waals surface area (Å²) in [7, 11) is 0. The fourth-order valence-corrected chi connectivity index (χ4v) is 1.47. The third-order valence-electron chi connectivity index (χ3n) is 2.21. The van der Waals surface area contributed by atoms with E-state index in [9.17, 15) is 0 Å². The van der Waals surface area contributed by atoms with Crippen molar-refractivity contribution in [1.82, 2.24) is 15.2 Å². The number of aryl methyl sites for hydroxylation is 1. The van der Waals surface area contributed by atoms with Crippen LogP contribution in [-0.4, -0.2) is 21.7 Å². The monoisotopic (exact) mass is 214 g/mol. The van der Waals surface area contributed by atoms with E-state index in [2.05, 4.69) is 20.5 Å². The van der Waals surface area contributed by atoms with Crippen molar-refractivity contribution in [3.63, 3.8) is 0 Å². The van der Waals surface area contributed by atoms with Crippen molar-refractivity contribution in [1.29, 1.82) is 0 Å². The topological polar surface area (TPSA) is 50.7 Å². The molecule has 0 aliphatic heterocycles. The van der Waals surface area contributed by atoms with Gasteiger partial charge in [0.1, 0.15) is 5.82 Å². The van der Waals surface area contributed by atoms with Crippen LogP contribution in [0.5, 0.6) is 0 Å². The molecule has 2 aromatic rings. The third-order valence-corrected chi connectivity index (χ3v) is 2.21. The molecule has 0 aliphatic carbocycles. The maximum atomic E-state index is 4.17. The third kappa shape index (κ3) is 2.34. The second-order valence-corrected chi connectivity index (χ2v) is 3.52. The molecule has 0 fully saturated rings. The Labute approximate surface area is 94.8 Å². The highest BCUT2D eigenvalue weighted by Crippen LogP contribution is 2.16. The average Bonchev–Trinajstić information content (AvgIpc) is 2.30. The van der Waals surface area contributed by atoms with Gasteiger partial charge in [0.05, 0.1) is 5.69 Å². The molecule has 16 heavy (non-hydrogen) atoms. The molecule has 0 bridgehead atoms. The molecular formula is C12H14N4. The molecule has 0 saturated carbocycles. The first-order chi connectivity index (χ1) is 7.79. The number of pyridine rings is 1. The van der Waals surface area contributed by atoms with Crippen LogP contribution in [0.3, 0.4) is 0 Å². The van der Waals surface area contributed by atoms with Crippen LogP contribution in [0.4, 0.5) is 5.82 Å². The maximum Gasteiger partial charge on any atom is 0.148 e. The van der Waals surface area contributed by atoms with E-state index in [1.807, 2.05) is 38.1 Å². The van der Waals surface area contributed by atoms with E-state index in [1.54, 1.807) is 6.20 Å². The summed E-state index contributed by atoms with van der Waals surface area (Å²) in [5.41, 5.74) is 2.89. The van der Waals surface area contributed by atoms with Crippen molar-refractivity contribution >= 4 is 5.82 Å². The molecule has 0 spiro atoms. The fraction of sp³-hybridized carbons (Fsp3) is 0.250. The van der Waals surface area contributed by atoms with Crippen molar-refractivity contribution < 1.29 is 0 Å². The molecule has 2 rings (SSSR count). The molecule has 2 aromatic heterocycles. The number of nitrogens with zero attached hydrogens (tertiary/aromatic N) is 3. The summed E-state index contributed by atoms with van der Waals surface area (Å²) >= 11 is 0. The maximum absolute atomic E-state index is 4.17. The molecule has 0 atom stereocenters. The Kier molecular flexibility index (Phi) is 3.10. The van der Waals surface area contributed by atoms with Gasteiger partial charge in [0, 0.05) is 24.0 Å². The van der Waals surface area contributed by atoms with E-state index in [0.717, 1.165) is 29.3 Å². The summed E-state index contributed by atoms with van der Waals surface area (Å²) in [6.07, 6.45) is 1.78. The number of nitrogens with one attached hydrogen (secondary N) is 1. The molecule has 0 amide bonds. The molecule has 0 radical (unpaired) electrons. The van der Waals surface area contributed by atoms with Gasteiger partial charge in [-0.05, 0) is 38.1 Å². The number of hydrogen-bond acceptors (Lipinski definition) is 4. The first-order valence-electron chi connectivity index (χ1n) is 5.30. The van der Waals surface area contributed by atoms with Crippen LogP contribution < -0.4 is 5.32 Å². The molecule has 82 valence electrons. The van der Waals surface area contributed by atoms with Crippen LogP contribution in [0, 0.1) is 6.92 Å². The Morgan fingerprint density at radius 1 is 1.19 bits per heavy atom. The Morgan fingerprint density at radius 3 is 2.69 bits per heavy atom. The standard InChI is InChI=1S/C12H14N4/c1-3-13-12-5-4-11(15-16-12)10-6-7-14-9(2)8-10/h4-8H,3H2,1-2H3,(H,13,16). The van der Waals surface area contributed by atoms with E-state index in [4.69, 9.17) is 0 Å². The Balaban J connectivity index is 2.27. The summed E-state index contributed by atoms with van der Waals surface area (Å²) in [4.78, 5) is 4.15. The molecule has 0 aromatic carbocycles. The molecule has 2 heterocycles. The number of hydrogen-bond donors (Lipinski definition) is 1. The number of aromatic nitrogens is 3. The van der Waals surface area contributed by atoms with Crippen LogP contribution >= 0.6 is 0 Å². The lowest BCUT2D eigenvalue weighted by atomic mass is 10.1. The highest BCUT2D eigenvalue weighted by atomic mass is 15.2. The van der Waals surface area contributed by atoms with Crippen molar-refractivity contribution in [3.8, 4) is 11.3 Å². The zero-order chi connectivity index (χ0) is 11.4. The van der Waals surface area contributed by atoms with Gasteiger partial charge >= 0.3 is 0 Å². The van der Waals surface area contributed by atoms with Crippen molar-refractivity contribution in [2.24, 2.45) is 0 Å². The molecule has 4 heteroatoms. The van der Waals surface area contributed by atoms with Gasteiger partial charge in [0.25, 0.3) is 0 Å². The van der Waals surface area contributed by atoms with Crippen LogP contribution in [0.2, 0.25) is 0 Å². The van der Waals surface area contributed by atoms with Crippen molar-refractivity contribution in [2.75, 3.05) is 11.9 Å². The summed E-state index contributed by atoms with van der Waals surface area (Å²) in [6, 6.07) is 7.82. The van der Waals surface area contributed by atoms with Crippen LogP contribution in [0.25, 0.3) is 11.3 Å². The summed E-state index contributed by atoms with van der Waals surface area (Å²) in [6.45, 7) is 4.84. The van der Waals surface area contributed by atoms with Gasteiger partial charge in [-0.15, -0.1) is 10.2 Å². The minimum atomic E-state index is 0.803. The number of anilines is 1. The zero-order valence-electron chi connectivity index (χ0n) is 9.44. The van der Waals surface area contributed by atoms with E-state index >= 15 is 0 Å². The highest BCUT2D eigenvalue weighted by Gasteiger charge is 2.00. The average molecular weight is 214 g/mol. The van der Waals surface area contributed by atoms with Gasteiger partial charge in [-0.1, -0.05) is 0 Å². The van der Waals surface area contributed by atoms with Crippen LogP contribution in [0.15, 0.2) is 30.5 Å². The second-order valence-electron chi connectivity index (χ2n) is 3.52. The van der Waals surface area contributed by atoms with E-state index in [-0.39, 0.29) is 0 Å². The van der Waals surface area contributed by atoms with Gasteiger partial charge in [-0.3, -0.25) is 4.98 Å². The van der Waals surface area contributed by atoms with Crippen molar-refractivity contribution in [2.45, 2.75) is 13.8 Å². The van der Waals surface area contributed by atoms with E-state index in [0.29, 0.717) is 0 Å². The summed E-state index contributed by atoms with van der Waals surface area (Å²) < 4.78 is 0. The van der Waals surface area contributed by atoms with Gasteiger partial charge < -0.3 is 5.32 Å². The predicted molar refractivity (Wildman–Crippen MR) is 64.2 cm³/mol. The van der Waals surface area contributed by atoms with Crippen LogP contribution in [-0.2, 0) is 0 Å². The molecule has 1 N–H and O–H groups in total. The lowest BCUT2D eigenvalue weighted by molar-refractivity contribution is 1.02. The SMILES string of the molecule is CCNc1ccc(-c2ccnc(C)c2)nn1. The quantitative estimate of drug-likeness (QED) is 0.851. The van der Waals surface area contributed by atoms with E-state index in [1.165, 1.54) is 0 Å². The summed E-state index contributed by atoms with van der Waals surface area (Å²) in [5.74, 6) is 0.803. The van der Waals surface area contributed by atoms with Crippen LogP contribution in [0.1, 0.15) is 12.6 Å². The minimum Gasteiger partial charge on any atom is -0.369 e. The van der Waals surface area contributed by atoms with Crippen molar-refractivity contribution in [3.05, 3.63) is 36.2 Å². The number of rotatable bonds is 3. The fourth-order valence-electron chi connectivity index (χ4n) is 1.47. The Hall–Kier alpha value is -1.97. The highest BCUT2D eigenvalue weighted by molar-refractivity contribution is 5.59. The molecule has 0 saturated heterocycles. The summed E-state index contributed by atoms with van der Waals surface area (Å²) in [5, 5.41) is 11.4. The molecule has 4 nitrogen and oxygen atoms in total. The molecule has 0 aliphatic rings. The first-order valence-corrected chi connectivity index (χ1v) is 5.30. The Bertz CT molecular complexity index is 465. The predicted octanol–water partition coefficient (Wildman–Crippen LogP) is 2.28. The molecular weight excluding hydrogens is 200 g/mol. The van der Waals surface area contributed by atoms with E-state index < -0.39 is 0 Å².